The molecule has 0 bridgehead atoms. The molecule has 0 saturated carbocycles. The van der Waals surface area contributed by atoms with Gasteiger partial charge in [0, 0.05) is 18.6 Å². The number of rotatable bonds is 4. The van der Waals surface area contributed by atoms with Gasteiger partial charge in [0.05, 0.1) is 22.7 Å². The Morgan fingerprint density at radius 3 is 2.71 bits per heavy atom. The summed E-state index contributed by atoms with van der Waals surface area (Å²) in [6, 6.07) is 10.0. The second-order valence-corrected chi connectivity index (χ2v) is 6.46. The fourth-order valence-corrected chi connectivity index (χ4v) is 3.45. The van der Waals surface area contributed by atoms with Gasteiger partial charge in [0.25, 0.3) is 5.69 Å². The van der Waals surface area contributed by atoms with Gasteiger partial charge in [-0.15, -0.1) is 0 Å². The van der Waals surface area contributed by atoms with Crippen LogP contribution in [0.1, 0.15) is 18.1 Å². The molecule has 126 valence electrons. The van der Waals surface area contributed by atoms with Gasteiger partial charge in [0.2, 0.25) is 0 Å². The zero-order valence-electron chi connectivity index (χ0n) is 12.2. The maximum atomic E-state index is 13.3. The van der Waals surface area contributed by atoms with Crippen LogP contribution in [0.5, 0.6) is 5.75 Å². The first-order chi connectivity index (χ1) is 11.5. The Hall–Kier alpha value is -1.79. The second-order valence-electron chi connectivity index (χ2n) is 4.96. The average Bonchev–Trinajstić information content (AvgIpc) is 2.58. The summed E-state index contributed by atoms with van der Waals surface area (Å²) < 4.78 is 30.0. The molecule has 9 heteroatoms. The van der Waals surface area contributed by atoms with E-state index in [-0.39, 0.29) is 16.8 Å². The lowest BCUT2D eigenvalue weighted by Crippen LogP contribution is -2.14. The van der Waals surface area contributed by atoms with Crippen molar-refractivity contribution in [2.75, 3.05) is 6.61 Å². The van der Waals surface area contributed by atoms with Crippen molar-refractivity contribution < 1.29 is 22.9 Å². The molecule has 2 aromatic rings. The largest absolute Gasteiger partial charge is 0.427 e. The molecule has 6 nitrogen and oxygen atoms in total. The molecule has 1 aliphatic heterocycles. The molecule has 2 atom stereocenters. The maximum Gasteiger partial charge on any atom is 0.397 e. The second kappa shape index (κ2) is 7.40. The van der Waals surface area contributed by atoms with Crippen LogP contribution in [0.4, 0.5) is 10.1 Å². The lowest BCUT2D eigenvalue weighted by atomic mass is 10.1. The molecule has 24 heavy (non-hydrogen) atoms. The third kappa shape index (κ3) is 3.99. The highest BCUT2D eigenvalue weighted by molar-refractivity contribution is 7.42. The maximum absolute atomic E-state index is 13.3. The van der Waals surface area contributed by atoms with Crippen LogP contribution < -0.4 is 4.52 Å². The molecule has 2 aromatic carbocycles. The first-order valence-electron chi connectivity index (χ1n) is 7.00. The van der Waals surface area contributed by atoms with Gasteiger partial charge < -0.3 is 9.05 Å². The van der Waals surface area contributed by atoms with E-state index in [1.165, 1.54) is 36.4 Å². The SMILES string of the molecule is O=[N+]([O-])c1ccc(OP2OCCC(c3ccc(F)c(Cl)c3)O2)cc1. The number of benzene rings is 2. The summed E-state index contributed by atoms with van der Waals surface area (Å²) in [7, 11) is -1.66. The molecule has 1 aliphatic rings. The normalized spacial score (nSPS) is 20.6. The van der Waals surface area contributed by atoms with Crippen molar-refractivity contribution in [1.82, 2.24) is 0 Å². The summed E-state index contributed by atoms with van der Waals surface area (Å²) in [4.78, 5) is 10.1. The standard InChI is InChI=1S/C15H12ClFNO5P/c16-13-9-10(1-6-14(13)17)15-7-8-21-24(23-15)22-12-4-2-11(3-5-12)18(19)20/h1-6,9,15H,7-8H2. The van der Waals surface area contributed by atoms with Crippen LogP contribution in [0, 0.1) is 15.9 Å². The van der Waals surface area contributed by atoms with Gasteiger partial charge in [-0.1, -0.05) is 17.7 Å². The Labute approximate surface area is 143 Å². The monoisotopic (exact) mass is 371 g/mol. The molecular weight excluding hydrogens is 360 g/mol. The smallest absolute Gasteiger partial charge is 0.397 e. The van der Waals surface area contributed by atoms with Crippen molar-refractivity contribution in [2.24, 2.45) is 0 Å². The highest BCUT2D eigenvalue weighted by Gasteiger charge is 2.28. The zero-order chi connectivity index (χ0) is 17.1. The molecular formula is C15H12ClFNO5P. The molecule has 0 N–H and O–H groups in total. The molecule has 2 unspecified atom stereocenters. The van der Waals surface area contributed by atoms with Gasteiger partial charge in [-0.25, -0.2) is 4.39 Å². The number of nitrogens with zero attached hydrogens (tertiary/aromatic N) is 1. The van der Waals surface area contributed by atoms with E-state index in [4.69, 9.17) is 25.2 Å². The van der Waals surface area contributed by atoms with E-state index in [2.05, 4.69) is 0 Å². The van der Waals surface area contributed by atoms with E-state index in [1.54, 1.807) is 6.07 Å². The van der Waals surface area contributed by atoms with Crippen LogP contribution in [0.25, 0.3) is 0 Å². The van der Waals surface area contributed by atoms with Crippen LogP contribution in [-0.2, 0) is 9.05 Å². The van der Waals surface area contributed by atoms with E-state index >= 15 is 0 Å². The number of nitro benzene ring substituents is 1. The molecule has 1 fully saturated rings. The minimum absolute atomic E-state index is 0.0283. The highest BCUT2D eigenvalue weighted by Crippen LogP contribution is 2.49. The lowest BCUT2D eigenvalue weighted by molar-refractivity contribution is -0.384. The van der Waals surface area contributed by atoms with Crippen LogP contribution in [0.2, 0.25) is 5.02 Å². The third-order valence-electron chi connectivity index (χ3n) is 3.33. The van der Waals surface area contributed by atoms with Crippen molar-refractivity contribution in [3.8, 4) is 5.75 Å². The average molecular weight is 372 g/mol. The summed E-state index contributed by atoms with van der Waals surface area (Å²) in [6.45, 7) is 0.415. The zero-order valence-corrected chi connectivity index (χ0v) is 13.9. The Bertz CT molecular complexity index is 745. The minimum Gasteiger partial charge on any atom is -0.427 e. The highest BCUT2D eigenvalue weighted by atomic mass is 35.5. The quantitative estimate of drug-likeness (QED) is 0.421. The van der Waals surface area contributed by atoms with Crippen molar-refractivity contribution in [3.05, 3.63) is 69.0 Å². The van der Waals surface area contributed by atoms with E-state index in [0.29, 0.717) is 18.8 Å². The summed E-state index contributed by atoms with van der Waals surface area (Å²) in [5.41, 5.74) is 0.712. The minimum atomic E-state index is -1.66. The topological polar surface area (TPSA) is 70.8 Å². The first kappa shape index (κ1) is 17.0. The van der Waals surface area contributed by atoms with Gasteiger partial charge in [0.15, 0.2) is 0 Å². The molecule has 0 radical (unpaired) electrons. The lowest BCUT2D eigenvalue weighted by Gasteiger charge is -2.28. The van der Waals surface area contributed by atoms with Gasteiger partial charge >= 0.3 is 8.60 Å². The van der Waals surface area contributed by atoms with E-state index in [9.17, 15) is 14.5 Å². The molecule has 1 heterocycles. The van der Waals surface area contributed by atoms with Gasteiger partial charge in [0.1, 0.15) is 11.6 Å². The summed E-state index contributed by atoms with van der Waals surface area (Å²) in [5, 5.41) is 10.7. The molecule has 0 amide bonds. The molecule has 3 rings (SSSR count). The van der Waals surface area contributed by atoms with Crippen molar-refractivity contribution in [2.45, 2.75) is 12.5 Å². The number of halogens is 2. The van der Waals surface area contributed by atoms with Crippen molar-refractivity contribution in [3.63, 3.8) is 0 Å². The van der Waals surface area contributed by atoms with E-state index in [0.717, 1.165) is 5.56 Å². The molecule has 0 aliphatic carbocycles. The van der Waals surface area contributed by atoms with Crippen LogP contribution >= 0.6 is 20.2 Å². The Balaban J connectivity index is 1.66. The first-order valence-corrected chi connectivity index (χ1v) is 8.47. The van der Waals surface area contributed by atoms with E-state index in [1.807, 2.05) is 0 Å². The number of non-ortho nitro benzene ring substituents is 1. The summed E-state index contributed by atoms with van der Waals surface area (Å²) in [6.07, 6.45) is 0.269. The van der Waals surface area contributed by atoms with Crippen LogP contribution in [0.15, 0.2) is 42.5 Å². The Kier molecular flexibility index (Phi) is 5.26. The molecule has 1 saturated heterocycles. The van der Waals surface area contributed by atoms with Gasteiger partial charge in [-0.3, -0.25) is 14.6 Å². The van der Waals surface area contributed by atoms with Crippen molar-refractivity contribution >= 4 is 25.9 Å². The van der Waals surface area contributed by atoms with E-state index < -0.39 is 19.3 Å². The molecule has 0 spiro atoms. The van der Waals surface area contributed by atoms with Gasteiger partial charge in [-0.05, 0) is 29.8 Å². The summed E-state index contributed by atoms with van der Waals surface area (Å²) in [5.74, 6) is -0.0821. The fraction of sp³-hybridized carbons (Fsp3) is 0.200. The van der Waals surface area contributed by atoms with Gasteiger partial charge in [-0.2, -0.15) is 0 Å². The fourth-order valence-electron chi connectivity index (χ4n) is 2.12. The predicted molar refractivity (Wildman–Crippen MR) is 86.4 cm³/mol. The summed E-state index contributed by atoms with van der Waals surface area (Å²) >= 11 is 5.80. The third-order valence-corrected chi connectivity index (χ3v) is 4.80. The number of hydrogen-bond acceptors (Lipinski definition) is 5. The number of hydrogen-bond donors (Lipinski definition) is 0. The number of nitro groups is 1. The van der Waals surface area contributed by atoms with Crippen LogP contribution in [-0.4, -0.2) is 11.5 Å². The van der Waals surface area contributed by atoms with Crippen LogP contribution in [0.3, 0.4) is 0 Å². The predicted octanol–water partition coefficient (Wildman–Crippen LogP) is 5.17. The Morgan fingerprint density at radius 1 is 1.29 bits per heavy atom. The molecule has 0 aromatic heterocycles. The van der Waals surface area contributed by atoms with Crippen molar-refractivity contribution in [1.29, 1.82) is 0 Å². The Morgan fingerprint density at radius 2 is 2.04 bits per heavy atom.